The van der Waals surface area contributed by atoms with Crippen molar-refractivity contribution in [3.8, 4) is 0 Å². The molecule has 1 aromatic carbocycles. The number of benzene rings is 1. The second-order valence-electron chi connectivity index (χ2n) is 5.01. The lowest BCUT2D eigenvalue weighted by Gasteiger charge is -2.12. The lowest BCUT2D eigenvalue weighted by Crippen LogP contribution is -2.07. The van der Waals surface area contributed by atoms with E-state index in [-0.39, 0.29) is 5.02 Å². The first-order valence-corrected chi connectivity index (χ1v) is 6.59. The van der Waals surface area contributed by atoms with Crippen LogP contribution < -0.4 is 5.32 Å². The van der Waals surface area contributed by atoms with E-state index in [2.05, 4.69) is 28.7 Å². The topological polar surface area (TPSA) is 29.9 Å². The van der Waals surface area contributed by atoms with Crippen molar-refractivity contribution in [2.45, 2.75) is 27.3 Å². The van der Waals surface area contributed by atoms with Gasteiger partial charge in [-0.3, -0.25) is 0 Å². The Morgan fingerprint density at radius 1 is 1.42 bits per heavy atom. The van der Waals surface area contributed by atoms with Crippen molar-refractivity contribution in [3.05, 3.63) is 40.9 Å². The molecule has 0 unspecified atom stereocenters. The van der Waals surface area contributed by atoms with Gasteiger partial charge in [0.15, 0.2) is 0 Å². The molecular weight excluding hydrogens is 265 g/mol. The molecule has 0 amide bonds. The molecule has 2 aromatic rings. The minimum absolute atomic E-state index is 0.101. The molecule has 1 N–H and O–H groups in total. The molecule has 1 aromatic heterocycles. The zero-order chi connectivity index (χ0) is 14.0. The first-order valence-electron chi connectivity index (χ1n) is 6.21. The van der Waals surface area contributed by atoms with Crippen LogP contribution >= 0.6 is 11.6 Å². The molecule has 0 aliphatic rings. The zero-order valence-electron chi connectivity index (χ0n) is 11.2. The Morgan fingerprint density at radius 3 is 2.79 bits per heavy atom. The number of hydrogen-bond acceptors (Lipinski definition) is 2. The second kappa shape index (κ2) is 5.61. The van der Waals surface area contributed by atoms with Crippen LogP contribution in [0.2, 0.25) is 5.02 Å². The van der Waals surface area contributed by atoms with E-state index in [0.717, 1.165) is 23.9 Å². The van der Waals surface area contributed by atoms with Crippen molar-refractivity contribution in [1.29, 1.82) is 0 Å². The van der Waals surface area contributed by atoms with Gasteiger partial charge in [-0.2, -0.15) is 0 Å². The fourth-order valence-electron chi connectivity index (χ4n) is 1.88. The highest BCUT2D eigenvalue weighted by molar-refractivity contribution is 6.31. The fraction of sp³-hybridized carbons (Fsp3) is 0.357. The third-order valence-electron chi connectivity index (χ3n) is 2.63. The standard InChI is InChI=1S/C14H17ClFN3/c1-9(2)7-19-8-10(3)17-14(19)18-11-4-5-13(16)12(15)6-11/h4-6,8-9H,7H2,1-3H3,(H,17,18). The van der Waals surface area contributed by atoms with Gasteiger partial charge in [0.25, 0.3) is 0 Å². The summed E-state index contributed by atoms with van der Waals surface area (Å²) >= 11 is 5.77. The summed E-state index contributed by atoms with van der Waals surface area (Å²) in [7, 11) is 0. The van der Waals surface area contributed by atoms with Gasteiger partial charge in [-0.1, -0.05) is 25.4 Å². The van der Waals surface area contributed by atoms with E-state index in [0.29, 0.717) is 5.92 Å². The minimum atomic E-state index is -0.422. The quantitative estimate of drug-likeness (QED) is 0.901. The molecule has 0 fully saturated rings. The Bertz CT molecular complexity index is 578. The number of hydrogen-bond donors (Lipinski definition) is 1. The van der Waals surface area contributed by atoms with Crippen molar-refractivity contribution in [3.63, 3.8) is 0 Å². The highest BCUT2D eigenvalue weighted by Gasteiger charge is 2.08. The molecular formula is C14H17ClFN3. The third-order valence-corrected chi connectivity index (χ3v) is 2.92. The van der Waals surface area contributed by atoms with Crippen molar-refractivity contribution in [2.75, 3.05) is 5.32 Å². The van der Waals surface area contributed by atoms with Crippen LogP contribution in [0.1, 0.15) is 19.5 Å². The predicted molar refractivity (Wildman–Crippen MR) is 76.5 cm³/mol. The lowest BCUT2D eigenvalue weighted by atomic mass is 10.2. The van der Waals surface area contributed by atoms with Crippen LogP contribution in [0.5, 0.6) is 0 Å². The van der Waals surface area contributed by atoms with E-state index in [1.807, 2.05) is 13.1 Å². The first-order chi connectivity index (χ1) is 8.95. The van der Waals surface area contributed by atoms with Crippen molar-refractivity contribution < 1.29 is 4.39 Å². The summed E-state index contributed by atoms with van der Waals surface area (Å²) in [5.74, 6) is 0.841. The number of aryl methyl sites for hydroxylation is 1. The SMILES string of the molecule is Cc1cn(CC(C)C)c(Nc2ccc(F)c(Cl)c2)n1. The number of imidazole rings is 1. The monoisotopic (exact) mass is 281 g/mol. The molecule has 5 heteroatoms. The summed E-state index contributed by atoms with van der Waals surface area (Å²) in [6.07, 6.45) is 1.99. The van der Waals surface area contributed by atoms with Gasteiger partial charge in [0.2, 0.25) is 5.95 Å². The Labute approximate surface area is 117 Å². The van der Waals surface area contributed by atoms with E-state index >= 15 is 0 Å². The maximum atomic E-state index is 13.1. The fourth-order valence-corrected chi connectivity index (χ4v) is 2.06. The van der Waals surface area contributed by atoms with Crippen molar-refractivity contribution in [1.82, 2.24) is 9.55 Å². The summed E-state index contributed by atoms with van der Waals surface area (Å²) < 4.78 is 15.2. The minimum Gasteiger partial charge on any atom is -0.326 e. The van der Waals surface area contributed by atoms with Gasteiger partial charge in [0.05, 0.1) is 10.7 Å². The van der Waals surface area contributed by atoms with E-state index in [9.17, 15) is 4.39 Å². The van der Waals surface area contributed by atoms with Gasteiger partial charge >= 0.3 is 0 Å². The summed E-state index contributed by atoms with van der Waals surface area (Å²) in [5.41, 5.74) is 1.67. The Kier molecular flexibility index (Phi) is 4.10. The van der Waals surface area contributed by atoms with Crippen molar-refractivity contribution >= 4 is 23.2 Å². The van der Waals surface area contributed by atoms with Crippen LogP contribution in [0.25, 0.3) is 0 Å². The highest BCUT2D eigenvalue weighted by Crippen LogP contribution is 2.23. The Balaban J connectivity index is 2.24. The molecule has 0 aliphatic heterocycles. The van der Waals surface area contributed by atoms with Crippen molar-refractivity contribution in [2.24, 2.45) is 5.92 Å². The van der Waals surface area contributed by atoms with Crippen LogP contribution in [-0.4, -0.2) is 9.55 Å². The maximum Gasteiger partial charge on any atom is 0.207 e. The highest BCUT2D eigenvalue weighted by atomic mass is 35.5. The molecule has 3 nitrogen and oxygen atoms in total. The van der Waals surface area contributed by atoms with E-state index in [1.165, 1.54) is 6.07 Å². The molecule has 0 radical (unpaired) electrons. The van der Waals surface area contributed by atoms with E-state index < -0.39 is 5.82 Å². The van der Waals surface area contributed by atoms with Crippen LogP contribution in [0.15, 0.2) is 24.4 Å². The average Bonchev–Trinajstić information content (AvgIpc) is 2.63. The van der Waals surface area contributed by atoms with Crippen LogP contribution in [-0.2, 0) is 6.54 Å². The molecule has 0 saturated carbocycles. The van der Waals surface area contributed by atoms with Gasteiger partial charge in [-0.25, -0.2) is 9.37 Å². The summed E-state index contributed by atoms with van der Waals surface area (Å²) in [5, 5.41) is 3.27. The number of nitrogens with one attached hydrogen (secondary N) is 1. The molecule has 2 rings (SSSR count). The normalized spacial score (nSPS) is 11.1. The summed E-state index contributed by atoms with van der Waals surface area (Å²) in [6, 6.07) is 4.54. The van der Waals surface area contributed by atoms with Gasteiger partial charge < -0.3 is 9.88 Å². The molecule has 19 heavy (non-hydrogen) atoms. The predicted octanol–water partition coefficient (Wildman–Crippen LogP) is 4.38. The van der Waals surface area contributed by atoms with Crippen LogP contribution in [0.4, 0.5) is 16.0 Å². The Hall–Kier alpha value is -1.55. The average molecular weight is 282 g/mol. The number of anilines is 2. The molecule has 1 heterocycles. The third kappa shape index (κ3) is 3.47. The largest absolute Gasteiger partial charge is 0.326 e. The molecule has 0 bridgehead atoms. The molecule has 102 valence electrons. The van der Waals surface area contributed by atoms with Gasteiger partial charge in [-0.15, -0.1) is 0 Å². The Morgan fingerprint density at radius 2 is 2.16 bits per heavy atom. The molecule has 0 aliphatic carbocycles. The van der Waals surface area contributed by atoms with Crippen LogP contribution in [0.3, 0.4) is 0 Å². The number of halogens is 2. The maximum absolute atomic E-state index is 13.1. The molecule has 0 saturated heterocycles. The van der Waals surface area contributed by atoms with Crippen LogP contribution in [0, 0.1) is 18.7 Å². The zero-order valence-corrected chi connectivity index (χ0v) is 12.0. The molecule has 0 atom stereocenters. The number of rotatable bonds is 4. The summed E-state index contributed by atoms with van der Waals surface area (Å²) in [6.45, 7) is 7.11. The second-order valence-corrected chi connectivity index (χ2v) is 5.41. The van der Waals surface area contributed by atoms with E-state index in [4.69, 9.17) is 11.6 Å². The van der Waals surface area contributed by atoms with Gasteiger partial charge in [-0.05, 0) is 31.0 Å². The smallest absolute Gasteiger partial charge is 0.207 e. The van der Waals surface area contributed by atoms with Gasteiger partial charge in [0.1, 0.15) is 5.82 Å². The lowest BCUT2D eigenvalue weighted by molar-refractivity contribution is 0.527. The number of nitrogens with zero attached hydrogens (tertiary/aromatic N) is 2. The van der Waals surface area contributed by atoms with Gasteiger partial charge in [0, 0.05) is 18.4 Å². The first kappa shape index (κ1) is 13.9. The summed E-state index contributed by atoms with van der Waals surface area (Å²) in [4.78, 5) is 4.43. The number of aromatic nitrogens is 2. The van der Waals surface area contributed by atoms with E-state index in [1.54, 1.807) is 12.1 Å². The molecule has 0 spiro atoms.